The van der Waals surface area contributed by atoms with Gasteiger partial charge in [-0.25, -0.2) is 0 Å². The van der Waals surface area contributed by atoms with Crippen molar-refractivity contribution >= 4 is 5.97 Å². The van der Waals surface area contributed by atoms with Gasteiger partial charge in [-0.05, 0) is 184 Å². The molecule has 0 N–H and O–H groups in total. The quantitative estimate of drug-likeness (QED) is 0.276. The first kappa shape index (κ1) is 36.2. The largest absolute Gasteiger partial charge is 0.462 e. The summed E-state index contributed by atoms with van der Waals surface area (Å²) >= 11 is 0. The molecule has 4 nitrogen and oxygen atoms in total. The fourth-order valence-corrected chi connectivity index (χ4v) is 17.0. The molecule has 4 heteroatoms. The predicted molar refractivity (Wildman–Crippen MR) is 209 cm³/mol. The molecule has 1 unspecified atom stereocenters. The third-order valence-electron chi connectivity index (χ3n) is 19.7. The zero-order chi connectivity index (χ0) is 36.4. The lowest BCUT2D eigenvalue weighted by Crippen LogP contribution is -2.56. The second-order valence-electron chi connectivity index (χ2n) is 22.3. The molecule has 0 radical (unpaired) electrons. The number of hydrogen-bond acceptors (Lipinski definition) is 4. The third kappa shape index (κ3) is 5.40. The van der Waals surface area contributed by atoms with Crippen molar-refractivity contribution in [3.63, 3.8) is 0 Å². The van der Waals surface area contributed by atoms with Crippen LogP contribution in [0.25, 0.3) is 0 Å². The Morgan fingerprint density at radius 1 is 0.635 bits per heavy atom. The summed E-state index contributed by atoms with van der Waals surface area (Å²) in [6.07, 6.45) is 25.3. The molecule has 52 heavy (non-hydrogen) atoms. The average molecular weight is 711 g/mol. The maximum absolute atomic E-state index is 12.0. The maximum atomic E-state index is 12.0. The lowest BCUT2D eigenvalue weighted by atomic mass is 9.44. The second kappa shape index (κ2) is 12.8. The minimum absolute atomic E-state index is 0.0922. The van der Waals surface area contributed by atoms with Crippen LogP contribution >= 0.6 is 0 Å². The summed E-state index contributed by atoms with van der Waals surface area (Å²) in [4.78, 5) is 23.4. The number of fused-ring (bicyclic) bond motifs is 12. The van der Waals surface area contributed by atoms with Crippen LogP contribution in [-0.4, -0.2) is 22.0 Å². The molecular formula is C48H74N2O2. The lowest BCUT2D eigenvalue weighted by Gasteiger charge is -2.61. The molecule has 288 valence electrons. The van der Waals surface area contributed by atoms with Crippen LogP contribution in [0, 0.1) is 86.8 Å². The highest BCUT2D eigenvalue weighted by molar-refractivity contribution is 5.66. The van der Waals surface area contributed by atoms with Crippen LogP contribution in [0.5, 0.6) is 0 Å². The van der Waals surface area contributed by atoms with Crippen molar-refractivity contribution in [1.82, 2.24) is 9.97 Å². The summed E-state index contributed by atoms with van der Waals surface area (Å²) in [5.41, 5.74) is 6.99. The molecule has 1 aromatic heterocycles. The number of hydrogen-bond donors (Lipinski definition) is 0. The molecule has 0 amide bonds. The number of ether oxygens (including phenoxy) is 1. The second-order valence-corrected chi connectivity index (χ2v) is 22.3. The highest BCUT2D eigenvalue weighted by atomic mass is 16.5. The van der Waals surface area contributed by atoms with E-state index in [0.29, 0.717) is 22.2 Å². The van der Waals surface area contributed by atoms with Crippen LogP contribution in [0.1, 0.15) is 174 Å². The van der Waals surface area contributed by atoms with Gasteiger partial charge in [0.25, 0.3) is 0 Å². The summed E-state index contributed by atoms with van der Waals surface area (Å²) in [5.74, 6) is 9.06. The van der Waals surface area contributed by atoms with Gasteiger partial charge in [0, 0.05) is 12.3 Å². The number of aromatic nitrogens is 2. The molecule has 0 saturated heterocycles. The van der Waals surface area contributed by atoms with Gasteiger partial charge < -0.3 is 4.74 Å². The highest BCUT2D eigenvalue weighted by Crippen LogP contribution is 2.69. The molecule has 6 fully saturated rings. The van der Waals surface area contributed by atoms with Crippen molar-refractivity contribution in [2.24, 2.45) is 86.8 Å². The minimum atomic E-state index is -0.0922. The maximum Gasteiger partial charge on any atom is 0.302 e. The van der Waals surface area contributed by atoms with Gasteiger partial charge in [-0.1, -0.05) is 67.7 Å². The molecule has 1 heterocycles. The Bertz CT molecular complexity index is 1550. The topological polar surface area (TPSA) is 52.1 Å². The van der Waals surface area contributed by atoms with Crippen LogP contribution in [0.15, 0.2) is 0 Å². The van der Waals surface area contributed by atoms with E-state index in [1.54, 1.807) is 6.92 Å². The smallest absolute Gasteiger partial charge is 0.302 e. The molecule has 9 rings (SSSR count). The van der Waals surface area contributed by atoms with E-state index in [1.165, 1.54) is 126 Å². The molecule has 8 aliphatic rings. The van der Waals surface area contributed by atoms with Gasteiger partial charge >= 0.3 is 5.97 Å². The molecular weight excluding hydrogens is 637 g/mol. The Balaban J connectivity index is 0.921. The number of carbonyl (C=O) groups excluding carboxylic acids is 1. The molecule has 0 spiro atoms. The Morgan fingerprint density at radius 2 is 1.15 bits per heavy atom. The van der Waals surface area contributed by atoms with E-state index < -0.39 is 0 Å². The van der Waals surface area contributed by atoms with E-state index in [0.717, 1.165) is 78.4 Å². The van der Waals surface area contributed by atoms with Crippen LogP contribution in [-0.2, 0) is 35.2 Å². The summed E-state index contributed by atoms with van der Waals surface area (Å²) in [7, 11) is 0. The van der Waals surface area contributed by atoms with Gasteiger partial charge in [0.1, 0.15) is 6.10 Å². The van der Waals surface area contributed by atoms with E-state index in [9.17, 15) is 4.79 Å². The third-order valence-corrected chi connectivity index (χ3v) is 19.7. The van der Waals surface area contributed by atoms with E-state index >= 15 is 0 Å². The number of esters is 1. The number of rotatable bonds is 6. The molecule has 15 atom stereocenters. The van der Waals surface area contributed by atoms with Crippen molar-refractivity contribution in [2.45, 2.75) is 183 Å². The number of carbonyl (C=O) groups is 1. The average Bonchev–Trinajstić information content (AvgIpc) is 3.61. The fourth-order valence-electron chi connectivity index (χ4n) is 17.0. The van der Waals surface area contributed by atoms with E-state index in [2.05, 4.69) is 48.5 Å². The highest BCUT2D eigenvalue weighted by Gasteiger charge is 2.63. The molecule has 0 aliphatic heterocycles. The van der Waals surface area contributed by atoms with Gasteiger partial charge in [-0.15, -0.1) is 0 Å². The Hall–Kier alpha value is -1.45. The first-order valence-electron chi connectivity index (χ1n) is 22.8. The Labute approximate surface area is 317 Å². The van der Waals surface area contributed by atoms with Crippen LogP contribution in [0.3, 0.4) is 0 Å². The number of nitrogens with zero attached hydrogens (tertiary/aromatic N) is 2. The molecule has 6 saturated carbocycles. The normalized spacial score (nSPS) is 47.9. The first-order chi connectivity index (χ1) is 24.7. The van der Waals surface area contributed by atoms with Gasteiger partial charge in [-0.3, -0.25) is 14.8 Å². The summed E-state index contributed by atoms with van der Waals surface area (Å²) in [5, 5.41) is 0. The molecule has 8 aliphatic carbocycles. The molecule has 1 aromatic rings. The Morgan fingerprint density at radius 3 is 1.71 bits per heavy atom. The van der Waals surface area contributed by atoms with Crippen molar-refractivity contribution in [1.29, 1.82) is 0 Å². The van der Waals surface area contributed by atoms with Gasteiger partial charge in [0.15, 0.2) is 0 Å². The van der Waals surface area contributed by atoms with Gasteiger partial charge in [0.05, 0.1) is 22.8 Å². The fraction of sp³-hybridized carbons (Fsp3) is 0.896. The van der Waals surface area contributed by atoms with Gasteiger partial charge in [0.2, 0.25) is 0 Å². The van der Waals surface area contributed by atoms with E-state index in [1.807, 2.05) is 0 Å². The van der Waals surface area contributed by atoms with Crippen LogP contribution in [0.4, 0.5) is 0 Å². The van der Waals surface area contributed by atoms with Crippen molar-refractivity contribution in [3.8, 4) is 0 Å². The zero-order valence-electron chi connectivity index (χ0n) is 34.6. The Kier molecular flexibility index (Phi) is 8.91. The minimum Gasteiger partial charge on any atom is -0.462 e. The van der Waals surface area contributed by atoms with E-state index in [4.69, 9.17) is 14.7 Å². The lowest BCUT2D eigenvalue weighted by molar-refractivity contribution is -0.160. The predicted octanol–water partition coefficient (Wildman–Crippen LogP) is 11.4. The molecule has 0 aromatic carbocycles. The van der Waals surface area contributed by atoms with Crippen LogP contribution in [0.2, 0.25) is 0 Å². The van der Waals surface area contributed by atoms with E-state index in [-0.39, 0.29) is 17.5 Å². The van der Waals surface area contributed by atoms with Crippen molar-refractivity contribution in [3.05, 3.63) is 22.8 Å². The van der Waals surface area contributed by atoms with Crippen molar-refractivity contribution < 1.29 is 9.53 Å². The SMILES string of the molecule is CC(=O)O[C@H]1CC[C@H]2[C@@H]3CC[C@H]4Cc5nc6c(nc5C[C@]4(C)[C@H]3CC[C@]12C)C[C@@H]1CC[C@@H]2[C@H](CC[C@]3(C)[C@@H](C(C)CCCC(C)C)CC[C@@H]23)[C@@]1(C)C6. The standard InChI is InChI=1S/C48H74N2O2/c1-28(2)10-9-11-29(3)35-16-17-36-33-14-12-31-24-40-42(26-47(31,7)38(33)20-22-45(35,36)5)49-41-25-32-13-15-34-37-18-19-44(52-30(4)51)46(37,6)23-21-39(34)48(32,8)27-43(41)50-40/h28-29,31-39,44H,9-27H2,1-8H3/t29?,31-,32-,33-,34-,35+,36-,37-,38-,39-,44-,45+,46-,47-,48-/m0/s1. The van der Waals surface area contributed by atoms with Crippen molar-refractivity contribution in [2.75, 3.05) is 0 Å². The van der Waals surface area contributed by atoms with Crippen LogP contribution < -0.4 is 0 Å². The van der Waals surface area contributed by atoms with Gasteiger partial charge in [-0.2, -0.15) is 0 Å². The first-order valence-corrected chi connectivity index (χ1v) is 22.8. The summed E-state index contributed by atoms with van der Waals surface area (Å²) in [6, 6.07) is 0. The monoisotopic (exact) mass is 711 g/mol. The molecule has 0 bridgehead atoms. The summed E-state index contributed by atoms with van der Waals surface area (Å²) < 4.78 is 5.96. The zero-order valence-corrected chi connectivity index (χ0v) is 34.6. The summed E-state index contributed by atoms with van der Waals surface area (Å²) in [6.45, 7) is 19.6.